The van der Waals surface area contributed by atoms with Gasteiger partial charge in [-0.2, -0.15) is 11.8 Å². The van der Waals surface area contributed by atoms with Crippen molar-refractivity contribution in [1.82, 2.24) is 4.98 Å². The minimum atomic E-state index is -0.938. The molecule has 104 valence electrons. The van der Waals surface area contributed by atoms with Gasteiger partial charge in [-0.05, 0) is 23.8 Å². The molecule has 20 heavy (non-hydrogen) atoms. The van der Waals surface area contributed by atoms with Crippen LogP contribution in [0.5, 0.6) is 0 Å². The largest absolute Gasteiger partial charge is 0.478 e. The van der Waals surface area contributed by atoms with Gasteiger partial charge in [-0.15, -0.1) is 0 Å². The smallest absolute Gasteiger partial charge is 0.337 e. The average molecular weight is 288 g/mol. The Hall–Kier alpha value is -1.75. The van der Waals surface area contributed by atoms with Crippen molar-refractivity contribution < 1.29 is 9.90 Å². The number of thioether (sulfide) groups is 1. The summed E-state index contributed by atoms with van der Waals surface area (Å²) in [6.45, 7) is 0.899. The maximum Gasteiger partial charge on any atom is 0.337 e. The van der Waals surface area contributed by atoms with E-state index < -0.39 is 5.97 Å². The van der Waals surface area contributed by atoms with Crippen molar-refractivity contribution >= 4 is 34.3 Å². The van der Waals surface area contributed by atoms with Gasteiger partial charge in [0.15, 0.2) is 0 Å². The second kappa shape index (κ2) is 5.71. The van der Waals surface area contributed by atoms with Crippen molar-refractivity contribution in [3.63, 3.8) is 0 Å². The summed E-state index contributed by atoms with van der Waals surface area (Å²) in [6.07, 6.45) is 2.68. The zero-order chi connectivity index (χ0) is 13.9. The molecule has 1 aliphatic heterocycles. The number of carboxylic acid groups (broad SMARTS) is 1. The van der Waals surface area contributed by atoms with E-state index in [1.54, 1.807) is 0 Å². The van der Waals surface area contributed by atoms with E-state index in [1.807, 2.05) is 36.0 Å². The van der Waals surface area contributed by atoms with Gasteiger partial charge >= 0.3 is 5.97 Å². The predicted octanol–water partition coefficient (Wildman–Crippen LogP) is 3.10. The molecule has 1 unspecified atom stereocenters. The van der Waals surface area contributed by atoms with Gasteiger partial charge in [-0.1, -0.05) is 24.3 Å². The first-order valence-corrected chi connectivity index (χ1v) is 7.84. The number of carboxylic acids is 1. The lowest BCUT2D eigenvalue weighted by Crippen LogP contribution is -2.14. The Balaban J connectivity index is 1.91. The monoisotopic (exact) mass is 288 g/mol. The molecule has 2 aromatic rings. The molecule has 1 aromatic carbocycles. The number of aromatic carboxylic acids is 1. The van der Waals surface area contributed by atoms with E-state index in [2.05, 4.69) is 10.3 Å². The summed E-state index contributed by atoms with van der Waals surface area (Å²) in [5.74, 6) is 2.95. The Morgan fingerprint density at radius 3 is 2.90 bits per heavy atom. The number of benzene rings is 1. The number of nitrogens with zero attached hydrogens (tertiary/aromatic N) is 1. The number of fused-ring (bicyclic) bond motifs is 1. The van der Waals surface area contributed by atoms with E-state index in [-0.39, 0.29) is 5.56 Å². The summed E-state index contributed by atoms with van der Waals surface area (Å²) < 4.78 is 0. The fourth-order valence-electron chi connectivity index (χ4n) is 2.49. The third kappa shape index (κ3) is 2.58. The number of hydrogen-bond acceptors (Lipinski definition) is 4. The normalized spacial score (nSPS) is 18.3. The molecule has 0 amide bonds. The van der Waals surface area contributed by atoms with Gasteiger partial charge in [0.1, 0.15) is 5.82 Å². The van der Waals surface area contributed by atoms with Crippen LogP contribution < -0.4 is 5.32 Å². The second-order valence-corrected chi connectivity index (χ2v) is 6.13. The molecule has 0 saturated carbocycles. The highest BCUT2D eigenvalue weighted by Gasteiger charge is 2.17. The van der Waals surface area contributed by atoms with Crippen LogP contribution in [0.25, 0.3) is 10.8 Å². The first-order valence-electron chi connectivity index (χ1n) is 6.68. The minimum absolute atomic E-state index is 0.252. The standard InChI is InChI=1S/C15H16N2O2S/c18-15(19)13-8-17-14(12-4-2-1-3-11(12)13)16-7-10-5-6-20-9-10/h1-4,8,10H,5-7,9H2,(H,16,17)(H,18,19). The lowest BCUT2D eigenvalue weighted by atomic mass is 10.1. The molecule has 4 nitrogen and oxygen atoms in total. The maximum absolute atomic E-state index is 11.2. The molecule has 0 aliphatic carbocycles. The van der Waals surface area contributed by atoms with Crippen LogP contribution in [0.1, 0.15) is 16.8 Å². The molecule has 2 heterocycles. The van der Waals surface area contributed by atoms with Gasteiger partial charge < -0.3 is 10.4 Å². The van der Waals surface area contributed by atoms with Gasteiger partial charge in [-0.25, -0.2) is 9.78 Å². The Kier molecular flexibility index (Phi) is 3.78. The van der Waals surface area contributed by atoms with Crippen LogP contribution in [-0.2, 0) is 0 Å². The zero-order valence-electron chi connectivity index (χ0n) is 11.0. The van der Waals surface area contributed by atoms with Crippen LogP contribution in [-0.4, -0.2) is 34.1 Å². The molecule has 2 N–H and O–H groups in total. The highest BCUT2D eigenvalue weighted by Crippen LogP contribution is 2.27. The third-order valence-corrected chi connectivity index (χ3v) is 4.84. The molecule has 3 rings (SSSR count). The van der Waals surface area contributed by atoms with Crippen LogP contribution in [0.3, 0.4) is 0 Å². The van der Waals surface area contributed by atoms with E-state index in [9.17, 15) is 9.90 Å². The number of pyridine rings is 1. The molecule has 1 atom stereocenters. The van der Waals surface area contributed by atoms with Gasteiger partial charge in [0.05, 0.1) is 5.56 Å². The van der Waals surface area contributed by atoms with Crippen LogP contribution in [0, 0.1) is 5.92 Å². The van der Waals surface area contributed by atoms with Crippen LogP contribution in [0.15, 0.2) is 30.5 Å². The molecule has 1 saturated heterocycles. The molecule has 0 radical (unpaired) electrons. The SMILES string of the molecule is O=C(O)c1cnc(NCC2CCSC2)c2ccccc12. The van der Waals surface area contributed by atoms with Crippen molar-refractivity contribution in [3.05, 3.63) is 36.0 Å². The number of rotatable bonds is 4. The van der Waals surface area contributed by atoms with E-state index in [4.69, 9.17) is 0 Å². The number of aromatic nitrogens is 1. The van der Waals surface area contributed by atoms with Crippen molar-refractivity contribution in [3.8, 4) is 0 Å². The molecular formula is C15H16N2O2S. The summed E-state index contributed by atoms with van der Waals surface area (Å²) in [5, 5.41) is 14.2. The van der Waals surface area contributed by atoms with Crippen molar-refractivity contribution in [2.24, 2.45) is 5.92 Å². The van der Waals surface area contributed by atoms with Crippen molar-refractivity contribution in [2.75, 3.05) is 23.4 Å². The number of hydrogen-bond donors (Lipinski definition) is 2. The molecule has 1 fully saturated rings. The fraction of sp³-hybridized carbons (Fsp3) is 0.333. The molecule has 5 heteroatoms. The van der Waals surface area contributed by atoms with Crippen LogP contribution in [0.2, 0.25) is 0 Å². The quantitative estimate of drug-likeness (QED) is 0.905. The molecular weight excluding hydrogens is 272 g/mol. The van der Waals surface area contributed by atoms with Crippen LogP contribution in [0.4, 0.5) is 5.82 Å². The van der Waals surface area contributed by atoms with E-state index in [0.29, 0.717) is 5.92 Å². The molecule has 1 aliphatic rings. The van der Waals surface area contributed by atoms with Crippen molar-refractivity contribution in [2.45, 2.75) is 6.42 Å². The van der Waals surface area contributed by atoms with Crippen LogP contribution >= 0.6 is 11.8 Å². The average Bonchev–Trinajstić information content (AvgIpc) is 2.97. The Morgan fingerprint density at radius 2 is 2.20 bits per heavy atom. The van der Waals surface area contributed by atoms with E-state index in [1.165, 1.54) is 24.1 Å². The predicted molar refractivity (Wildman–Crippen MR) is 82.6 cm³/mol. The molecule has 0 bridgehead atoms. The lowest BCUT2D eigenvalue weighted by Gasteiger charge is -2.13. The van der Waals surface area contributed by atoms with Gasteiger partial charge in [-0.3, -0.25) is 0 Å². The number of carbonyl (C=O) groups is 1. The van der Waals surface area contributed by atoms with E-state index in [0.717, 1.165) is 23.1 Å². The topological polar surface area (TPSA) is 62.2 Å². The van der Waals surface area contributed by atoms with Gasteiger partial charge in [0, 0.05) is 23.5 Å². The Bertz CT molecular complexity index is 639. The fourth-order valence-corrected chi connectivity index (χ4v) is 3.77. The van der Waals surface area contributed by atoms with Crippen molar-refractivity contribution in [1.29, 1.82) is 0 Å². The summed E-state index contributed by atoms with van der Waals surface area (Å²) in [7, 11) is 0. The molecule has 1 aromatic heterocycles. The van der Waals surface area contributed by atoms with Gasteiger partial charge in [0.25, 0.3) is 0 Å². The minimum Gasteiger partial charge on any atom is -0.478 e. The summed E-state index contributed by atoms with van der Waals surface area (Å²) in [6, 6.07) is 7.51. The summed E-state index contributed by atoms with van der Waals surface area (Å²) >= 11 is 1.99. The third-order valence-electron chi connectivity index (χ3n) is 3.61. The lowest BCUT2D eigenvalue weighted by molar-refractivity contribution is 0.0698. The summed E-state index contributed by atoms with van der Waals surface area (Å²) in [5.41, 5.74) is 0.252. The Labute approximate surface area is 121 Å². The first-order chi connectivity index (χ1) is 9.75. The summed E-state index contributed by atoms with van der Waals surface area (Å²) in [4.78, 5) is 15.5. The maximum atomic E-state index is 11.2. The zero-order valence-corrected chi connectivity index (χ0v) is 11.8. The Morgan fingerprint density at radius 1 is 1.40 bits per heavy atom. The number of nitrogens with one attached hydrogen (secondary N) is 1. The second-order valence-electron chi connectivity index (χ2n) is 4.98. The highest BCUT2D eigenvalue weighted by atomic mass is 32.2. The van der Waals surface area contributed by atoms with Gasteiger partial charge in [0.2, 0.25) is 0 Å². The highest BCUT2D eigenvalue weighted by molar-refractivity contribution is 7.99. The number of anilines is 1. The molecule has 0 spiro atoms. The van der Waals surface area contributed by atoms with E-state index >= 15 is 0 Å². The first kappa shape index (κ1) is 13.2.